The van der Waals surface area contributed by atoms with E-state index in [0.29, 0.717) is 53.9 Å². The number of H-pyrrole nitrogens is 2. The summed E-state index contributed by atoms with van der Waals surface area (Å²) in [4.78, 5) is 31.6. The highest BCUT2D eigenvalue weighted by Gasteiger charge is 2.12. The SMILES string of the molecule is COc1ccc2[nH]c3c(=O)n(CCCCC(=O)NCCc4cccc(C)c4)c(=S)[nH]c3c2c1. The lowest BCUT2D eigenvalue weighted by atomic mass is 10.1. The molecule has 0 aliphatic heterocycles. The van der Waals surface area contributed by atoms with Crippen molar-refractivity contribution in [1.29, 1.82) is 0 Å². The lowest BCUT2D eigenvalue weighted by Crippen LogP contribution is -2.26. The molecule has 0 atom stereocenters. The van der Waals surface area contributed by atoms with E-state index in [-0.39, 0.29) is 11.5 Å². The van der Waals surface area contributed by atoms with Gasteiger partial charge in [-0.2, -0.15) is 0 Å². The van der Waals surface area contributed by atoms with Gasteiger partial charge >= 0.3 is 0 Å². The van der Waals surface area contributed by atoms with E-state index >= 15 is 0 Å². The molecule has 0 bridgehead atoms. The lowest BCUT2D eigenvalue weighted by molar-refractivity contribution is -0.121. The molecule has 0 fully saturated rings. The second-order valence-electron chi connectivity index (χ2n) is 8.22. The molecule has 0 spiro atoms. The summed E-state index contributed by atoms with van der Waals surface area (Å²) in [5.74, 6) is 0.740. The molecular formula is C25H28N4O3S. The molecule has 4 aromatic rings. The number of ether oxygens (including phenoxy) is 1. The van der Waals surface area contributed by atoms with Crippen LogP contribution in [0.4, 0.5) is 0 Å². The van der Waals surface area contributed by atoms with Gasteiger partial charge in [0.25, 0.3) is 5.56 Å². The fourth-order valence-corrected chi connectivity index (χ4v) is 4.33. The first-order valence-corrected chi connectivity index (χ1v) is 11.5. The van der Waals surface area contributed by atoms with Crippen LogP contribution in [0.2, 0.25) is 0 Å². The third-order valence-electron chi connectivity index (χ3n) is 5.80. The van der Waals surface area contributed by atoms with Gasteiger partial charge < -0.3 is 20.0 Å². The summed E-state index contributed by atoms with van der Waals surface area (Å²) >= 11 is 5.45. The van der Waals surface area contributed by atoms with Crippen LogP contribution in [0.3, 0.4) is 0 Å². The molecule has 0 unspecified atom stereocenters. The minimum atomic E-state index is -0.161. The number of rotatable bonds is 9. The first-order valence-electron chi connectivity index (χ1n) is 11.1. The van der Waals surface area contributed by atoms with Crippen molar-refractivity contribution in [2.75, 3.05) is 13.7 Å². The average Bonchev–Trinajstić information content (AvgIpc) is 3.16. The fourth-order valence-electron chi connectivity index (χ4n) is 4.05. The van der Waals surface area contributed by atoms with Crippen molar-refractivity contribution in [2.24, 2.45) is 0 Å². The number of aromatic nitrogens is 3. The largest absolute Gasteiger partial charge is 0.497 e. The van der Waals surface area contributed by atoms with Crippen molar-refractivity contribution in [2.45, 2.75) is 39.2 Å². The molecule has 8 heteroatoms. The zero-order chi connectivity index (χ0) is 23.4. The monoisotopic (exact) mass is 464 g/mol. The minimum Gasteiger partial charge on any atom is -0.497 e. The third-order valence-corrected chi connectivity index (χ3v) is 6.12. The van der Waals surface area contributed by atoms with Crippen molar-refractivity contribution >= 4 is 40.1 Å². The number of hydrogen-bond acceptors (Lipinski definition) is 4. The van der Waals surface area contributed by atoms with Gasteiger partial charge in [-0.25, -0.2) is 0 Å². The van der Waals surface area contributed by atoms with Crippen molar-refractivity contribution in [3.63, 3.8) is 0 Å². The maximum Gasteiger partial charge on any atom is 0.278 e. The molecule has 7 nitrogen and oxygen atoms in total. The van der Waals surface area contributed by atoms with Crippen molar-refractivity contribution < 1.29 is 9.53 Å². The first-order chi connectivity index (χ1) is 16.0. The maximum absolute atomic E-state index is 13.0. The highest BCUT2D eigenvalue weighted by Crippen LogP contribution is 2.25. The predicted molar refractivity (Wildman–Crippen MR) is 134 cm³/mol. The third kappa shape index (κ3) is 5.17. The topological polar surface area (TPSA) is 91.9 Å². The van der Waals surface area contributed by atoms with Gasteiger partial charge in [0.15, 0.2) is 4.77 Å². The molecule has 0 saturated heterocycles. The number of carbonyl (C=O) groups excluding carboxylic acids is 1. The lowest BCUT2D eigenvalue weighted by Gasteiger charge is -2.08. The molecule has 3 N–H and O–H groups in total. The minimum absolute atomic E-state index is 0.0279. The highest BCUT2D eigenvalue weighted by atomic mass is 32.1. The zero-order valence-electron chi connectivity index (χ0n) is 18.9. The van der Waals surface area contributed by atoms with Gasteiger partial charge in [-0.3, -0.25) is 14.2 Å². The number of aromatic amines is 2. The molecule has 4 rings (SSSR count). The molecule has 0 aliphatic rings. The van der Waals surface area contributed by atoms with Crippen LogP contribution < -0.4 is 15.6 Å². The summed E-state index contributed by atoms with van der Waals surface area (Å²) in [6, 6.07) is 13.9. The van der Waals surface area contributed by atoms with E-state index in [0.717, 1.165) is 17.3 Å². The van der Waals surface area contributed by atoms with Gasteiger partial charge in [0, 0.05) is 30.4 Å². The number of amides is 1. The van der Waals surface area contributed by atoms with Gasteiger partial charge in [-0.1, -0.05) is 29.8 Å². The molecular weight excluding hydrogens is 436 g/mol. The van der Waals surface area contributed by atoms with Gasteiger partial charge in [-0.15, -0.1) is 0 Å². The van der Waals surface area contributed by atoms with Gasteiger partial charge in [0.2, 0.25) is 5.91 Å². The summed E-state index contributed by atoms with van der Waals surface area (Å²) in [6.45, 7) is 3.14. The zero-order valence-corrected chi connectivity index (χ0v) is 19.7. The number of nitrogens with one attached hydrogen (secondary N) is 3. The van der Waals surface area contributed by atoms with Crippen molar-refractivity contribution in [3.05, 3.63) is 68.7 Å². The van der Waals surface area contributed by atoms with Gasteiger partial charge in [-0.05, 0) is 62.2 Å². The molecule has 33 heavy (non-hydrogen) atoms. The van der Waals surface area contributed by atoms with E-state index in [2.05, 4.69) is 40.4 Å². The Balaban J connectivity index is 1.33. The number of hydrogen-bond donors (Lipinski definition) is 3. The number of methoxy groups -OCH3 is 1. The van der Waals surface area contributed by atoms with E-state index < -0.39 is 0 Å². The number of unbranched alkanes of at least 4 members (excludes halogenated alkanes) is 1. The molecule has 0 radical (unpaired) electrons. The van der Waals surface area contributed by atoms with E-state index in [9.17, 15) is 9.59 Å². The summed E-state index contributed by atoms with van der Waals surface area (Å²) in [6.07, 6.45) is 2.60. The predicted octanol–water partition coefficient (Wildman–Crippen LogP) is 4.39. The van der Waals surface area contributed by atoms with Crippen molar-refractivity contribution in [1.82, 2.24) is 19.9 Å². The van der Waals surface area contributed by atoms with Crippen LogP contribution in [-0.4, -0.2) is 34.1 Å². The van der Waals surface area contributed by atoms with Crippen LogP contribution in [0.15, 0.2) is 47.3 Å². The summed E-state index contributed by atoms with van der Waals surface area (Å²) in [5, 5.41) is 3.83. The fraction of sp³-hybridized carbons (Fsp3) is 0.320. The summed E-state index contributed by atoms with van der Waals surface area (Å²) in [5.41, 5.74) is 4.29. The number of benzene rings is 2. The number of carbonyl (C=O) groups is 1. The van der Waals surface area contributed by atoms with Crippen molar-refractivity contribution in [3.8, 4) is 5.75 Å². The second kappa shape index (κ2) is 10.0. The Morgan fingerprint density at radius 3 is 2.76 bits per heavy atom. The van der Waals surface area contributed by atoms with Crippen LogP contribution in [0.1, 0.15) is 30.4 Å². The summed E-state index contributed by atoms with van der Waals surface area (Å²) in [7, 11) is 1.61. The van der Waals surface area contributed by atoms with E-state index in [1.165, 1.54) is 11.1 Å². The normalized spacial score (nSPS) is 11.2. The molecule has 1 amide bonds. The Hall–Kier alpha value is -3.39. The molecule has 172 valence electrons. The Bertz CT molecular complexity index is 1420. The Kier molecular flexibility index (Phi) is 6.93. The standard InChI is InChI=1S/C25H28N4O3S/c1-16-6-5-7-17(14-16)11-12-26-21(30)8-3-4-13-29-24(31)23-22(28-25(29)33)19-15-18(32-2)9-10-20(19)27-23/h5-7,9-10,14-15,27H,3-4,8,11-13H2,1-2H3,(H,26,30)(H,28,33). The number of fused-ring (bicyclic) bond motifs is 3. The summed E-state index contributed by atoms with van der Waals surface area (Å²) < 4.78 is 7.22. The highest BCUT2D eigenvalue weighted by molar-refractivity contribution is 7.71. The van der Waals surface area contributed by atoms with E-state index in [1.807, 2.05) is 24.3 Å². The maximum atomic E-state index is 13.0. The van der Waals surface area contributed by atoms with Crippen LogP contribution >= 0.6 is 12.2 Å². The van der Waals surface area contributed by atoms with E-state index in [1.54, 1.807) is 11.7 Å². The average molecular weight is 465 g/mol. The van der Waals surface area contributed by atoms with Crippen LogP contribution in [-0.2, 0) is 17.8 Å². The second-order valence-corrected chi connectivity index (χ2v) is 8.61. The molecule has 2 aromatic heterocycles. The molecule has 2 aromatic carbocycles. The number of nitrogens with zero attached hydrogens (tertiary/aromatic N) is 1. The first kappa shape index (κ1) is 22.8. The van der Waals surface area contributed by atoms with Crippen LogP contribution in [0, 0.1) is 11.7 Å². The molecule has 0 aliphatic carbocycles. The van der Waals surface area contributed by atoms with Crippen LogP contribution in [0.5, 0.6) is 5.75 Å². The smallest absolute Gasteiger partial charge is 0.278 e. The molecule has 2 heterocycles. The van der Waals surface area contributed by atoms with Gasteiger partial charge in [0.05, 0.1) is 12.6 Å². The van der Waals surface area contributed by atoms with E-state index in [4.69, 9.17) is 17.0 Å². The Morgan fingerprint density at radius 1 is 1.12 bits per heavy atom. The Morgan fingerprint density at radius 2 is 1.97 bits per heavy atom. The Labute approximate surface area is 196 Å². The van der Waals surface area contributed by atoms with Crippen LogP contribution in [0.25, 0.3) is 21.9 Å². The quantitative estimate of drug-likeness (QED) is 0.253. The van der Waals surface area contributed by atoms with Gasteiger partial charge in [0.1, 0.15) is 11.3 Å². The molecule has 0 saturated carbocycles. The number of aryl methyl sites for hydroxylation is 1.